The molecule has 0 saturated heterocycles. The summed E-state index contributed by atoms with van der Waals surface area (Å²) in [4.78, 5) is 0. The first-order chi connectivity index (χ1) is 8.57. The van der Waals surface area contributed by atoms with Gasteiger partial charge in [0.15, 0.2) is 0 Å². The van der Waals surface area contributed by atoms with Crippen LogP contribution in [0.5, 0.6) is 5.75 Å². The molecular formula is C16H25NO. The van der Waals surface area contributed by atoms with Crippen LogP contribution >= 0.6 is 0 Å². The molecule has 1 aliphatic rings. The van der Waals surface area contributed by atoms with Crippen LogP contribution in [0.1, 0.15) is 44.2 Å². The summed E-state index contributed by atoms with van der Waals surface area (Å²) in [6.45, 7) is 7.60. The van der Waals surface area contributed by atoms with Crippen LogP contribution in [0.25, 0.3) is 0 Å². The molecule has 0 radical (unpaired) electrons. The van der Waals surface area contributed by atoms with E-state index in [1.165, 1.54) is 30.4 Å². The molecule has 1 fully saturated rings. The molecule has 2 heteroatoms. The Hall–Kier alpha value is -1.02. The number of rotatable bonds is 5. The Morgan fingerprint density at radius 2 is 2.06 bits per heavy atom. The highest BCUT2D eigenvalue weighted by Gasteiger charge is 2.38. The highest BCUT2D eigenvalue weighted by atomic mass is 16.5. The van der Waals surface area contributed by atoms with Gasteiger partial charge in [-0.05, 0) is 37.0 Å². The van der Waals surface area contributed by atoms with Crippen molar-refractivity contribution in [1.29, 1.82) is 0 Å². The third-order valence-corrected chi connectivity index (χ3v) is 4.18. The average molecular weight is 247 g/mol. The molecule has 18 heavy (non-hydrogen) atoms. The van der Waals surface area contributed by atoms with Gasteiger partial charge in [0.25, 0.3) is 0 Å². The van der Waals surface area contributed by atoms with E-state index in [4.69, 9.17) is 4.74 Å². The molecule has 0 heterocycles. The summed E-state index contributed by atoms with van der Waals surface area (Å²) in [5.74, 6) is 1.02. The zero-order valence-electron chi connectivity index (χ0n) is 12.0. The summed E-state index contributed by atoms with van der Waals surface area (Å²) in [5, 5.41) is 3.60. The molecule has 0 aromatic heterocycles. The minimum absolute atomic E-state index is 0.339. The van der Waals surface area contributed by atoms with Gasteiger partial charge in [0.2, 0.25) is 0 Å². The Bertz CT molecular complexity index is 408. The molecule has 1 N–H and O–H groups in total. The Labute approximate surface area is 111 Å². The van der Waals surface area contributed by atoms with Crippen LogP contribution < -0.4 is 10.1 Å². The predicted octanol–water partition coefficient (Wildman–Crippen LogP) is 3.42. The number of aryl methyl sites for hydroxylation is 1. The van der Waals surface area contributed by atoms with E-state index >= 15 is 0 Å². The first-order valence-electron chi connectivity index (χ1n) is 6.96. The highest BCUT2D eigenvalue weighted by Crippen LogP contribution is 2.44. The van der Waals surface area contributed by atoms with Crippen molar-refractivity contribution in [2.24, 2.45) is 0 Å². The van der Waals surface area contributed by atoms with Gasteiger partial charge < -0.3 is 10.1 Å². The summed E-state index contributed by atoms with van der Waals surface area (Å²) in [6.07, 6.45) is 3.92. The van der Waals surface area contributed by atoms with Crippen molar-refractivity contribution in [3.8, 4) is 5.75 Å². The second-order valence-electron chi connectivity index (χ2n) is 5.85. The van der Waals surface area contributed by atoms with Crippen LogP contribution in [-0.2, 0) is 5.41 Å². The van der Waals surface area contributed by atoms with E-state index in [-0.39, 0.29) is 0 Å². The lowest BCUT2D eigenvalue weighted by Gasteiger charge is -2.43. The Balaban J connectivity index is 2.21. The second-order valence-corrected chi connectivity index (χ2v) is 5.85. The van der Waals surface area contributed by atoms with Gasteiger partial charge in [0, 0.05) is 18.0 Å². The Morgan fingerprint density at radius 1 is 1.33 bits per heavy atom. The molecule has 0 unspecified atom stereocenters. The van der Waals surface area contributed by atoms with Gasteiger partial charge in [-0.25, -0.2) is 0 Å². The second kappa shape index (κ2) is 5.31. The lowest BCUT2D eigenvalue weighted by atomic mass is 9.64. The first-order valence-corrected chi connectivity index (χ1v) is 6.96. The third-order valence-electron chi connectivity index (χ3n) is 4.18. The first kappa shape index (κ1) is 13.4. The monoisotopic (exact) mass is 247 g/mol. The van der Waals surface area contributed by atoms with Crippen LogP contribution in [0.2, 0.25) is 0 Å². The molecule has 1 aromatic rings. The molecule has 100 valence electrons. The number of ether oxygens (including phenoxy) is 1. The van der Waals surface area contributed by atoms with Crippen molar-refractivity contribution >= 4 is 0 Å². The van der Waals surface area contributed by atoms with Crippen LogP contribution in [-0.4, -0.2) is 19.7 Å². The SMILES string of the molecule is COc1cc(C2(CNC(C)C)CCC2)ccc1C. The fourth-order valence-electron chi connectivity index (χ4n) is 2.72. The van der Waals surface area contributed by atoms with Gasteiger partial charge in [0.05, 0.1) is 7.11 Å². The predicted molar refractivity (Wildman–Crippen MR) is 76.4 cm³/mol. The minimum Gasteiger partial charge on any atom is -0.496 e. The molecule has 0 aliphatic heterocycles. The van der Waals surface area contributed by atoms with E-state index in [9.17, 15) is 0 Å². The van der Waals surface area contributed by atoms with E-state index < -0.39 is 0 Å². The van der Waals surface area contributed by atoms with Gasteiger partial charge in [-0.2, -0.15) is 0 Å². The number of hydrogen-bond donors (Lipinski definition) is 1. The number of benzene rings is 1. The summed E-state index contributed by atoms with van der Waals surface area (Å²) in [6, 6.07) is 7.24. The largest absolute Gasteiger partial charge is 0.496 e. The van der Waals surface area contributed by atoms with Crippen molar-refractivity contribution in [3.05, 3.63) is 29.3 Å². The third kappa shape index (κ3) is 2.54. The van der Waals surface area contributed by atoms with Gasteiger partial charge in [-0.1, -0.05) is 32.4 Å². The zero-order chi connectivity index (χ0) is 13.2. The Kier molecular flexibility index (Phi) is 3.96. The van der Waals surface area contributed by atoms with E-state index in [0.717, 1.165) is 12.3 Å². The number of methoxy groups -OCH3 is 1. The smallest absolute Gasteiger partial charge is 0.122 e. The van der Waals surface area contributed by atoms with E-state index in [1.54, 1.807) is 7.11 Å². The quantitative estimate of drug-likeness (QED) is 0.861. The van der Waals surface area contributed by atoms with Crippen molar-refractivity contribution in [2.45, 2.75) is 51.5 Å². The average Bonchev–Trinajstić information content (AvgIpc) is 2.29. The summed E-state index contributed by atoms with van der Waals surface area (Å²) in [5.41, 5.74) is 2.99. The normalized spacial score (nSPS) is 17.6. The fraction of sp³-hybridized carbons (Fsp3) is 0.625. The standard InChI is InChI=1S/C16H25NO/c1-12(2)17-11-16(8-5-9-16)14-7-6-13(3)15(10-14)18-4/h6-7,10,12,17H,5,8-9,11H2,1-4H3. The van der Waals surface area contributed by atoms with Crippen LogP contribution in [0.15, 0.2) is 18.2 Å². The Morgan fingerprint density at radius 3 is 2.56 bits per heavy atom. The zero-order valence-corrected chi connectivity index (χ0v) is 12.0. The van der Waals surface area contributed by atoms with Crippen LogP contribution in [0.3, 0.4) is 0 Å². The lowest BCUT2D eigenvalue weighted by Crippen LogP contribution is -2.45. The number of nitrogens with one attached hydrogen (secondary N) is 1. The van der Waals surface area contributed by atoms with Crippen molar-refractivity contribution < 1.29 is 4.74 Å². The molecule has 1 aromatic carbocycles. The molecule has 0 atom stereocenters. The molecule has 1 aliphatic carbocycles. The van der Waals surface area contributed by atoms with Gasteiger partial charge in [0.1, 0.15) is 5.75 Å². The molecular weight excluding hydrogens is 222 g/mol. The number of hydrogen-bond acceptors (Lipinski definition) is 2. The lowest BCUT2D eigenvalue weighted by molar-refractivity contribution is 0.227. The van der Waals surface area contributed by atoms with E-state index in [2.05, 4.69) is 44.3 Å². The molecule has 0 spiro atoms. The molecule has 0 amide bonds. The summed E-state index contributed by atoms with van der Waals surface area (Å²) in [7, 11) is 1.76. The summed E-state index contributed by atoms with van der Waals surface area (Å²) < 4.78 is 5.45. The van der Waals surface area contributed by atoms with Crippen LogP contribution in [0.4, 0.5) is 0 Å². The van der Waals surface area contributed by atoms with E-state index in [1.807, 2.05) is 0 Å². The molecule has 2 rings (SSSR count). The maximum Gasteiger partial charge on any atom is 0.122 e. The molecule has 0 bridgehead atoms. The van der Waals surface area contributed by atoms with Gasteiger partial charge in [-0.15, -0.1) is 0 Å². The maximum atomic E-state index is 5.45. The van der Waals surface area contributed by atoms with Crippen LogP contribution in [0, 0.1) is 6.92 Å². The van der Waals surface area contributed by atoms with Crippen molar-refractivity contribution in [3.63, 3.8) is 0 Å². The topological polar surface area (TPSA) is 21.3 Å². The highest BCUT2D eigenvalue weighted by molar-refractivity contribution is 5.41. The molecule has 2 nitrogen and oxygen atoms in total. The van der Waals surface area contributed by atoms with Crippen molar-refractivity contribution in [1.82, 2.24) is 5.32 Å². The van der Waals surface area contributed by atoms with E-state index in [0.29, 0.717) is 11.5 Å². The fourth-order valence-corrected chi connectivity index (χ4v) is 2.72. The summed E-state index contributed by atoms with van der Waals surface area (Å²) >= 11 is 0. The molecule has 1 saturated carbocycles. The van der Waals surface area contributed by atoms with Crippen molar-refractivity contribution in [2.75, 3.05) is 13.7 Å². The van der Waals surface area contributed by atoms with Gasteiger partial charge in [-0.3, -0.25) is 0 Å². The minimum atomic E-state index is 0.339. The van der Waals surface area contributed by atoms with Gasteiger partial charge >= 0.3 is 0 Å². The maximum absolute atomic E-state index is 5.45.